The fourth-order valence-corrected chi connectivity index (χ4v) is 0.980. The van der Waals surface area contributed by atoms with Gasteiger partial charge >= 0.3 is 5.97 Å². The second-order valence-corrected chi connectivity index (χ2v) is 2.72. The molecule has 0 fully saturated rings. The minimum Gasteiger partial charge on any atom is -0.475 e. The molecule has 0 aliphatic carbocycles. The van der Waals surface area contributed by atoms with E-state index in [0.717, 1.165) is 0 Å². The van der Waals surface area contributed by atoms with Gasteiger partial charge in [-0.1, -0.05) is 0 Å². The van der Waals surface area contributed by atoms with E-state index in [2.05, 4.69) is 4.98 Å². The smallest absolute Gasteiger partial charge is 0.373 e. The Morgan fingerprint density at radius 3 is 3.09 bits per heavy atom. The van der Waals surface area contributed by atoms with E-state index in [4.69, 9.17) is 9.52 Å². The number of aromatic carboxylic acids is 1. The lowest BCUT2D eigenvalue weighted by atomic mass is 10.5. The van der Waals surface area contributed by atoms with Crippen LogP contribution in [0.2, 0.25) is 0 Å². The Morgan fingerprint density at radius 1 is 1.91 bits per heavy atom. The van der Waals surface area contributed by atoms with Crippen molar-refractivity contribution in [2.24, 2.45) is 0 Å². The molecule has 4 nitrogen and oxygen atoms in total. The highest BCUT2D eigenvalue weighted by molar-refractivity contribution is 7.97. The maximum absolute atomic E-state index is 10.3. The maximum Gasteiger partial charge on any atom is 0.373 e. The third-order valence-corrected chi connectivity index (χ3v) is 1.57. The predicted molar refractivity (Wildman–Crippen MR) is 40.7 cm³/mol. The summed E-state index contributed by atoms with van der Waals surface area (Å²) in [4.78, 5) is 14.0. The number of carboxylic acid groups (broad SMARTS) is 1. The van der Waals surface area contributed by atoms with Crippen molar-refractivity contribution in [3.8, 4) is 0 Å². The van der Waals surface area contributed by atoms with E-state index in [1.807, 2.05) is 6.26 Å². The average molecular weight is 173 g/mol. The number of oxazole rings is 1. The monoisotopic (exact) mass is 173 g/mol. The number of carboxylic acids is 1. The van der Waals surface area contributed by atoms with Gasteiger partial charge in [0.25, 0.3) is 0 Å². The van der Waals surface area contributed by atoms with Crippen LogP contribution in [0.5, 0.6) is 0 Å². The van der Waals surface area contributed by atoms with E-state index in [9.17, 15) is 4.79 Å². The van der Waals surface area contributed by atoms with Crippen molar-refractivity contribution in [3.63, 3.8) is 0 Å². The first-order valence-corrected chi connectivity index (χ1v) is 4.30. The molecule has 0 unspecified atom stereocenters. The summed E-state index contributed by atoms with van der Waals surface area (Å²) in [7, 11) is 0. The molecule has 5 heteroatoms. The molecular formula is C6H7NO3S. The lowest BCUT2D eigenvalue weighted by Gasteiger charge is -1.86. The Hall–Kier alpha value is -0.970. The summed E-state index contributed by atoms with van der Waals surface area (Å²) >= 11 is 1.53. The van der Waals surface area contributed by atoms with Crippen molar-refractivity contribution in [1.29, 1.82) is 0 Å². The summed E-state index contributed by atoms with van der Waals surface area (Å²) in [5.74, 6) is -0.124. The highest BCUT2D eigenvalue weighted by Crippen LogP contribution is 2.09. The van der Waals surface area contributed by atoms with Crippen molar-refractivity contribution in [1.82, 2.24) is 4.98 Å². The summed E-state index contributed by atoms with van der Waals surface area (Å²) in [6, 6.07) is 0. The Morgan fingerprint density at radius 2 is 2.64 bits per heavy atom. The first-order valence-electron chi connectivity index (χ1n) is 2.91. The van der Waals surface area contributed by atoms with Gasteiger partial charge in [0.1, 0.15) is 0 Å². The quantitative estimate of drug-likeness (QED) is 0.744. The minimum absolute atomic E-state index is 0.103. The third-order valence-electron chi connectivity index (χ3n) is 1.03. The standard InChI is InChI=1S/C6H7NO3S/c1-11-3-5-7-2-4(10-5)6(8)9/h2H,3H2,1H3,(H,8,9). The van der Waals surface area contributed by atoms with Gasteiger partial charge in [-0.15, -0.1) is 0 Å². The Kier molecular flexibility index (Phi) is 2.53. The van der Waals surface area contributed by atoms with E-state index >= 15 is 0 Å². The van der Waals surface area contributed by atoms with Crippen LogP contribution in [0.25, 0.3) is 0 Å². The second-order valence-electron chi connectivity index (χ2n) is 1.86. The lowest BCUT2D eigenvalue weighted by Crippen LogP contribution is -1.91. The fraction of sp³-hybridized carbons (Fsp3) is 0.333. The number of carbonyl (C=O) groups is 1. The maximum atomic E-state index is 10.3. The Balaban J connectivity index is 2.73. The van der Waals surface area contributed by atoms with Crippen molar-refractivity contribution in [2.45, 2.75) is 5.75 Å². The normalized spacial score (nSPS) is 9.91. The van der Waals surface area contributed by atoms with Crippen LogP contribution in [0.1, 0.15) is 16.4 Å². The summed E-state index contributed by atoms with van der Waals surface area (Å²) < 4.78 is 4.85. The van der Waals surface area contributed by atoms with E-state index < -0.39 is 5.97 Å². The van der Waals surface area contributed by atoms with Crippen LogP contribution in [0.3, 0.4) is 0 Å². The zero-order valence-electron chi connectivity index (χ0n) is 5.90. The van der Waals surface area contributed by atoms with Crippen LogP contribution in [0.15, 0.2) is 10.6 Å². The molecule has 0 aliphatic heterocycles. The molecule has 1 heterocycles. The van der Waals surface area contributed by atoms with Crippen LogP contribution in [0.4, 0.5) is 0 Å². The molecule has 11 heavy (non-hydrogen) atoms. The van der Waals surface area contributed by atoms with Crippen LogP contribution >= 0.6 is 11.8 Å². The molecule has 0 aliphatic rings. The summed E-state index contributed by atoms with van der Waals surface area (Å²) in [6.45, 7) is 0. The first-order chi connectivity index (χ1) is 5.24. The van der Waals surface area contributed by atoms with Crippen LogP contribution in [-0.2, 0) is 5.75 Å². The van der Waals surface area contributed by atoms with Gasteiger partial charge in [-0.25, -0.2) is 9.78 Å². The molecule has 0 saturated heterocycles. The molecule has 0 atom stereocenters. The molecule has 1 aromatic rings. The summed E-state index contributed by atoms with van der Waals surface area (Å²) in [5.41, 5.74) is 0. The topological polar surface area (TPSA) is 63.3 Å². The van der Waals surface area contributed by atoms with Crippen molar-refractivity contribution < 1.29 is 14.3 Å². The second kappa shape index (κ2) is 3.43. The van der Waals surface area contributed by atoms with Crippen molar-refractivity contribution >= 4 is 17.7 Å². The van der Waals surface area contributed by atoms with Gasteiger partial charge in [0.15, 0.2) is 0 Å². The van der Waals surface area contributed by atoms with E-state index in [1.165, 1.54) is 18.0 Å². The molecule has 0 radical (unpaired) electrons. The van der Waals surface area contributed by atoms with Crippen LogP contribution < -0.4 is 0 Å². The van der Waals surface area contributed by atoms with E-state index in [1.54, 1.807) is 0 Å². The zero-order valence-corrected chi connectivity index (χ0v) is 6.72. The Bertz CT molecular complexity index is 258. The fourth-order valence-electron chi connectivity index (χ4n) is 0.599. The Labute approximate surface area is 67.6 Å². The van der Waals surface area contributed by atoms with Gasteiger partial charge < -0.3 is 9.52 Å². The number of aromatic nitrogens is 1. The van der Waals surface area contributed by atoms with Gasteiger partial charge in [0.05, 0.1) is 11.9 Å². The SMILES string of the molecule is CSCc1ncc(C(=O)O)o1. The molecule has 1 N–H and O–H groups in total. The highest BCUT2D eigenvalue weighted by Gasteiger charge is 2.09. The summed E-state index contributed by atoms with van der Waals surface area (Å²) in [5, 5.41) is 8.43. The van der Waals surface area contributed by atoms with Gasteiger partial charge in [0, 0.05) is 0 Å². The minimum atomic E-state index is -1.08. The molecule has 0 bridgehead atoms. The third kappa shape index (κ3) is 1.98. The average Bonchev–Trinajstić information content (AvgIpc) is 2.37. The van der Waals surface area contributed by atoms with Crippen molar-refractivity contribution in [3.05, 3.63) is 17.8 Å². The van der Waals surface area contributed by atoms with Crippen LogP contribution in [0, 0.1) is 0 Å². The zero-order chi connectivity index (χ0) is 8.27. The molecule has 0 aromatic carbocycles. The number of hydrogen-bond donors (Lipinski definition) is 1. The summed E-state index contributed by atoms with van der Waals surface area (Å²) in [6.07, 6.45) is 3.11. The molecular weight excluding hydrogens is 166 g/mol. The number of thioether (sulfide) groups is 1. The molecule has 0 spiro atoms. The predicted octanol–water partition coefficient (Wildman–Crippen LogP) is 1.24. The lowest BCUT2D eigenvalue weighted by molar-refractivity contribution is 0.0661. The number of nitrogens with zero attached hydrogens (tertiary/aromatic N) is 1. The molecule has 0 saturated carbocycles. The largest absolute Gasteiger partial charge is 0.475 e. The van der Waals surface area contributed by atoms with Gasteiger partial charge in [-0.05, 0) is 6.26 Å². The number of hydrogen-bond acceptors (Lipinski definition) is 4. The first kappa shape index (κ1) is 8.13. The van der Waals surface area contributed by atoms with Gasteiger partial charge in [-0.3, -0.25) is 0 Å². The van der Waals surface area contributed by atoms with Gasteiger partial charge in [-0.2, -0.15) is 11.8 Å². The number of rotatable bonds is 3. The van der Waals surface area contributed by atoms with Crippen molar-refractivity contribution in [2.75, 3.05) is 6.26 Å². The molecule has 1 rings (SSSR count). The molecule has 0 amide bonds. The van der Waals surface area contributed by atoms with Gasteiger partial charge in [0.2, 0.25) is 11.7 Å². The molecule has 60 valence electrons. The van der Waals surface area contributed by atoms with E-state index in [-0.39, 0.29) is 5.76 Å². The van der Waals surface area contributed by atoms with E-state index in [0.29, 0.717) is 11.6 Å². The van der Waals surface area contributed by atoms with Crippen LogP contribution in [-0.4, -0.2) is 22.3 Å². The molecule has 1 aromatic heterocycles. The highest BCUT2D eigenvalue weighted by atomic mass is 32.2.